The van der Waals surface area contributed by atoms with Gasteiger partial charge in [-0.3, -0.25) is 4.79 Å². The highest BCUT2D eigenvalue weighted by Crippen LogP contribution is 2.22. The van der Waals surface area contributed by atoms with Crippen molar-refractivity contribution in [3.05, 3.63) is 29.6 Å². The molecule has 1 amide bonds. The number of nitrogens with one attached hydrogen (secondary N) is 1. The number of aliphatic hydroxyl groups is 1. The number of benzene rings is 1. The van der Waals surface area contributed by atoms with Crippen molar-refractivity contribution in [2.45, 2.75) is 33.0 Å². The second kappa shape index (κ2) is 6.35. The molecule has 1 rings (SSSR count). The van der Waals surface area contributed by atoms with Crippen molar-refractivity contribution in [1.82, 2.24) is 5.32 Å². The van der Waals surface area contributed by atoms with Crippen molar-refractivity contribution in [2.75, 3.05) is 6.54 Å². The van der Waals surface area contributed by atoms with Gasteiger partial charge in [0, 0.05) is 6.54 Å². The minimum Gasteiger partial charge on any atom is -0.478 e. The molecule has 1 aromatic carbocycles. The van der Waals surface area contributed by atoms with Crippen LogP contribution in [0.1, 0.15) is 32.4 Å². The van der Waals surface area contributed by atoms with E-state index in [1.165, 1.54) is 12.1 Å². The lowest BCUT2D eigenvalue weighted by molar-refractivity contribution is -0.127. The Morgan fingerprint density at radius 3 is 2.67 bits per heavy atom. The van der Waals surface area contributed by atoms with Crippen LogP contribution >= 0.6 is 0 Å². The molecule has 0 bridgehead atoms. The first-order valence-electron chi connectivity index (χ1n) is 5.87. The van der Waals surface area contributed by atoms with E-state index in [-0.39, 0.29) is 11.7 Å². The Hall–Kier alpha value is -1.62. The number of hydrogen-bond acceptors (Lipinski definition) is 3. The van der Waals surface area contributed by atoms with Crippen LogP contribution in [-0.2, 0) is 4.79 Å². The van der Waals surface area contributed by atoms with Crippen LogP contribution in [0.25, 0.3) is 0 Å². The standard InChI is InChI=1S/C13H18FNO3/c1-4-15-13(17)9(3)18-12-6-5-10(8(2)16)7-11(12)14/h5-9,16H,4H2,1-3H3,(H,15,17)/t8-,9?/m0/s1. The second-order valence-corrected chi connectivity index (χ2v) is 4.02. The van der Waals surface area contributed by atoms with Crippen molar-refractivity contribution in [3.8, 4) is 5.75 Å². The van der Waals surface area contributed by atoms with Crippen LogP contribution in [0.3, 0.4) is 0 Å². The molecule has 4 nitrogen and oxygen atoms in total. The van der Waals surface area contributed by atoms with Crippen molar-refractivity contribution >= 4 is 5.91 Å². The van der Waals surface area contributed by atoms with Crippen LogP contribution in [0, 0.1) is 5.82 Å². The van der Waals surface area contributed by atoms with Gasteiger partial charge in [0.1, 0.15) is 0 Å². The van der Waals surface area contributed by atoms with Gasteiger partial charge >= 0.3 is 0 Å². The predicted molar refractivity (Wildman–Crippen MR) is 65.8 cm³/mol. The summed E-state index contributed by atoms with van der Waals surface area (Å²) in [5.74, 6) is -0.890. The molecule has 18 heavy (non-hydrogen) atoms. The van der Waals surface area contributed by atoms with Gasteiger partial charge in [-0.15, -0.1) is 0 Å². The van der Waals surface area contributed by atoms with E-state index in [2.05, 4.69) is 5.32 Å². The molecule has 0 heterocycles. The summed E-state index contributed by atoms with van der Waals surface area (Å²) in [7, 11) is 0. The number of amides is 1. The Morgan fingerprint density at radius 1 is 1.50 bits per heavy atom. The third kappa shape index (κ3) is 3.70. The van der Waals surface area contributed by atoms with Gasteiger partial charge in [0.25, 0.3) is 5.91 Å². The zero-order valence-corrected chi connectivity index (χ0v) is 10.7. The van der Waals surface area contributed by atoms with Gasteiger partial charge in [-0.2, -0.15) is 0 Å². The molecule has 1 unspecified atom stereocenters. The number of carbonyl (C=O) groups is 1. The van der Waals surface area contributed by atoms with Crippen LogP contribution in [0.4, 0.5) is 4.39 Å². The van der Waals surface area contributed by atoms with Gasteiger partial charge in [0.15, 0.2) is 17.7 Å². The third-order valence-electron chi connectivity index (χ3n) is 2.46. The van der Waals surface area contributed by atoms with Gasteiger partial charge in [0.2, 0.25) is 0 Å². The summed E-state index contributed by atoms with van der Waals surface area (Å²) >= 11 is 0. The summed E-state index contributed by atoms with van der Waals surface area (Å²) in [6.07, 6.45) is -1.51. The zero-order valence-electron chi connectivity index (χ0n) is 10.7. The van der Waals surface area contributed by atoms with Gasteiger partial charge in [0.05, 0.1) is 6.10 Å². The molecule has 0 saturated heterocycles. The maximum atomic E-state index is 13.7. The maximum absolute atomic E-state index is 13.7. The summed E-state index contributed by atoms with van der Waals surface area (Å²) in [6, 6.07) is 4.17. The van der Waals surface area contributed by atoms with E-state index in [9.17, 15) is 14.3 Å². The zero-order chi connectivity index (χ0) is 13.7. The molecule has 0 saturated carbocycles. The highest BCUT2D eigenvalue weighted by atomic mass is 19.1. The van der Waals surface area contributed by atoms with Gasteiger partial charge in [-0.05, 0) is 38.5 Å². The Labute approximate surface area is 106 Å². The lowest BCUT2D eigenvalue weighted by Crippen LogP contribution is -2.36. The molecule has 1 aromatic rings. The van der Waals surface area contributed by atoms with Crippen molar-refractivity contribution in [1.29, 1.82) is 0 Å². The third-order valence-corrected chi connectivity index (χ3v) is 2.46. The minimum absolute atomic E-state index is 0.00171. The molecule has 0 spiro atoms. The number of ether oxygens (including phenoxy) is 1. The number of aliphatic hydroxyl groups excluding tert-OH is 1. The number of halogens is 1. The predicted octanol–water partition coefficient (Wildman–Crippen LogP) is 1.78. The van der Waals surface area contributed by atoms with E-state index in [1.54, 1.807) is 26.8 Å². The molecule has 0 aliphatic rings. The number of likely N-dealkylation sites (N-methyl/N-ethyl adjacent to an activating group) is 1. The van der Waals surface area contributed by atoms with Crippen LogP contribution in [-0.4, -0.2) is 23.7 Å². The smallest absolute Gasteiger partial charge is 0.260 e. The fraction of sp³-hybridized carbons (Fsp3) is 0.462. The van der Waals surface area contributed by atoms with Crippen LogP contribution in [0.15, 0.2) is 18.2 Å². The molecule has 0 radical (unpaired) electrons. The lowest BCUT2D eigenvalue weighted by atomic mass is 10.1. The SMILES string of the molecule is CCNC(=O)C(C)Oc1ccc([C@H](C)O)cc1F. The maximum Gasteiger partial charge on any atom is 0.260 e. The normalized spacial score (nSPS) is 13.8. The molecule has 2 atom stereocenters. The molecular weight excluding hydrogens is 237 g/mol. The average Bonchev–Trinajstić information content (AvgIpc) is 2.31. The van der Waals surface area contributed by atoms with E-state index in [0.717, 1.165) is 0 Å². The van der Waals surface area contributed by atoms with E-state index in [4.69, 9.17) is 4.74 Å². The first-order chi connectivity index (χ1) is 8.45. The van der Waals surface area contributed by atoms with Crippen molar-refractivity contribution in [3.63, 3.8) is 0 Å². The first kappa shape index (κ1) is 14.4. The molecular formula is C13H18FNO3. The fourth-order valence-corrected chi connectivity index (χ4v) is 1.43. The molecule has 0 fully saturated rings. The highest BCUT2D eigenvalue weighted by molar-refractivity contribution is 5.80. The summed E-state index contributed by atoms with van der Waals surface area (Å²) in [5.41, 5.74) is 0.463. The first-order valence-corrected chi connectivity index (χ1v) is 5.87. The quantitative estimate of drug-likeness (QED) is 0.843. The Balaban J connectivity index is 2.76. The molecule has 100 valence electrons. The number of carbonyl (C=O) groups excluding carboxylic acids is 1. The molecule has 0 aliphatic heterocycles. The van der Waals surface area contributed by atoms with Crippen LogP contribution in [0.5, 0.6) is 5.75 Å². The minimum atomic E-state index is -0.767. The summed E-state index contributed by atoms with van der Waals surface area (Å²) in [4.78, 5) is 11.4. The van der Waals surface area contributed by atoms with E-state index >= 15 is 0 Å². The van der Waals surface area contributed by atoms with E-state index in [1.807, 2.05) is 0 Å². The monoisotopic (exact) mass is 255 g/mol. The van der Waals surface area contributed by atoms with Crippen molar-refractivity contribution < 1.29 is 19.0 Å². The van der Waals surface area contributed by atoms with Gasteiger partial charge in [-0.1, -0.05) is 6.07 Å². The second-order valence-electron chi connectivity index (χ2n) is 4.02. The average molecular weight is 255 g/mol. The summed E-state index contributed by atoms with van der Waals surface area (Å²) < 4.78 is 18.9. The van der Waals surface area contributed by atoms with E-state index < -0.39 is 18.0 Å². The molecule has 0 aliphatic carbocycles. The van der Waals surface area contributed by atoms with E-state index in [0.29, 0.717) is 12.1 Å². The summed E-state index contributed by atoms with van der Waals surface area (Å²) in [5, 5.41) is 11.9. The Morgan fingerprint density at radius 2 is 2.17 bits per heavy atom. The molecule has 5 heteroatoms. The largest absolute Gasteiger partial charge is 0.478 e. The molecule has 0 aromatic heterocycles. The lowest BCUT2D eigenvalue weighted by Gasteiger charge is -2.15. The highest BCUT2D eigenvalue weighted by Gasteiger charge is 2.16. The number of hydrogen-bond donors (Lipinski definition) is 2. The van der Waals surface area contributed by atoms with Crippen molar-refractivity contribution in [2.24, 2.45) is 0 Å². The van der Waals surface area contributed by atoms with Gasteiger partial charge in [-0.25, -0.2) is 4.39 Å². The van der Waals surface area contributed by atoms with Crippen LogP contribution < -0.4 is 10.1 Å². The topological polar surface area (TPSA) is 58.6 Å². The Bertz CT molecular complexity index is 421. The number of rotatable bonds is 5. The van der Waals surface area contributed by atoms with Gasteiger partial charge < -0.3 is 15.2 Å². The molecule has 2 N–H and O–H groups in total. The summed E-state index contributed by atoms with van der Waals surface area (Å²) in [6.45, 7) is 5.39. The van der Waals surface area contributed by atoms with Crippen LogP contribution in [0.2, 0.25) is 0 Å². The fourth-order valence-electron chi connectivity index (χ4n) is 1.43. The Kier molecular flexibility index (Phi) is 5.09.